The minimum Gasteiger partial charge on any atom is -0.468 e. The Morgan fingerprint density at radius 2 is 2.00 bits per heavy atom. The first-order chi connectivity index (χ1) is 9.26. The number of esters is 1. The number of hydrogen-bond acceptors (Lipinski definition) is 4. The molecule has 98 valence electrons. The third-order valence-corrected chi connectivity index (χ3v) is 2.95. The number of rotatable bonds is 4. The van der Waals surface area contributed by atoms with Gasteiger partial charge in [0.1, 0.15) is 11.7 Å². The van der Waals surface area contributed by atoms with E-state index in [0.717, 1.165) is 11.3 Å². The topological polar surface area (TPSA) is 52.1 Å². The summed E-state index contributed by atoms with van der Waals surface area (Å²) in [5.41, 5.74) is 1.82. The molecule has 0 saturated carbocycles. The van der Waals surface area contributed by atoms with Crippen LogP contribution in [0.4, 0.5) is 0 Å². The fourth-order valence-electron chi connectivity index (χ4n) is 1.91. The van der Waals surface area contributed by atoms with Crippen LogP contribution in [0.1, 0.15) is 25.1 Å². The van der Waals surface area contributed by atoms with Crippen molar-refractivity contribution in [3.05, 3.63) is 48.4 Å². The van der Waals surface area contributed by atoms with Gasteiger partial charge in [0.2, 0.25) is 0 Å². The Morgan fingerprint density at radius 3 is 2.63 bits per heavy atom. The molecular weight excluding hydrogens is 240 g/mol. The maximum absolute atomic E-state index is 11.7. The highest BCUT2D eigenvalue weighted by atomic mass is 16.5. The van der Waals surface area contributed by atoms with E-state index < -0.39 is 5.92 Å². The Balaban J connectivity index is 2.36. The van der Waals surface area contributed by atoms with Crippen LogP contribution in [0, 0.1) is 0 Å². The average molecular weight is 256 g/mol. The largest absolute Gasteiger partial charge is 0.468 e. The summed E-state index contributed by atoms with van der Waals surface area (Å²) in [6.07, 6.45) is 2.29. The van der Waals surface area contributed by atoms with Crippen molar-refractivity contribution in [1.29, 1.82) is 0 Å². The zero-order valence-corrected chi connectivity index (χ0v) is 11.0. The Bertz CT molecular complexity index is 555. The first-order valence-corrected chi connectivity index (χ1v) is 6.22. The fraction of sp³-hybridized carbons (Fsp3) is 0.267. The van der Waals surface area contributed by atoms with Crippen molar-refractivity contribution in [2.75, 3.05) is 7.11 Å². The molecule has 0 fully saturated rings. The number of aromatic nitrogens is 2. The van der Waals surface area contributed by atoms with Gasteiger partial charge in [-0.05, 0) is 12.5 Å². The standard InChI is InChI=1S/C15H16N2O2/c1-3-12(15(18)19-2)14-16-10-9-13(17-14)11-7-5-4-6-8-11/h4-10,12H,3H2,1-2H3. The lowest BCUT2D eigenvalue weighted by atomic mass is 10.1. The summed E-state index contributed by atoms with van der Waals surface area (Å²) in [5, 5.41) is 0. The third kappa shape index (κ3) is 2.96. The van der Waals surface area contributed by atoms with Crippen LogP contribution in [-0.4, -0.2) is 23.0 Å². The van der Waals surface area contributed by atoms with E-state index in [1.165, 1.54) is 7.11 Å². The second-order valence-corrected chi connectivity index (χ2v) is 4.15. The molecule has 0 amide bonds. The minimum absolute atomic E-state index is 0.298. The van der Waals surface area contributed by atoms with Gasteiger partial charge in [-0.1, -0.05) is 37.3 Å². The maximum Gasteiger partial charge on any atom is 0.316 e. The zero-order valence-electron chi connectivity index (χ0n) is 11.0. The summed E-state index contributed by atoms with van der Waals surface area (Å²) in [5.74, 6) is -0.197. The summed E-state index contributed by atoms with van der Waals surface area (Å²) in [6.45, 7) is 1.92. The van der Waals surface area contributed by atoms with Crippen LogP contribution in [0.25, 0.3) is 11.3 Å². The van der Waals surface area contributed by atoms with Gasteiger partial charge in [0.05, 0.1) is 12.8 Å². The van der Waals surface area contributed by atoms with Crippen LogP contribution in [0.15, 0.2) is 42.6 Å². The van der Waals surface area contributed by atoms with E-state index >= 15 is 0 Å². The Hall–Kier alpha value is -2.23. The Morgan fingerprint density at radius 1 is 1.26 bits per heavy atom. The molecule has 0 aliphatic rings. The van der Waals surface area contributed by atoms with E-state index in [2.05, 4.69) is 9.97 Å². The molecule has 0 bridgehead atoms. The second kappa shape index (κ2) is 6.09. The highest BCUT2D eigenvalue weighted by Gasteiger charge is 2.22. The summed E-state index contributed by atoms with van der Waals surface area (Å²) < 4.78 is 4.78. The monoisotopic (exact) mass is 256 g/mol. The molecule has 19 heavy (non-hydrogen) atoms. The SMILES string of the molecule is CCC(C(=O)OC)c1nccc(-c2ccccc2)n1. The summed E-state index contributed by atoms with van der Waals surface area (Å²) >= 11 is 0. The van der Waals surface area contributed by atoms with Gasteiger partial charge in [0, 0.05) is 11.8 Å². The average Bonchev–Trinajstić information content (AvgIpc) is 2.49. The molecule has 1 aromatic heterocycles. The van der Waals surface area contributed by atoms with E-state index in [1.807, 2.05) is 43.3 Å². The van der Waals surface area contributed by atoms with Crippen molar-refractivity contribution in [2.45, 2.75) is 19.3 Å². The molecule has 1 aromatic carbocycles. The van der Waals surface area contributed by atoms with E-state index in [-0.39, 0.29) is 5.97 Å². The Labute approximate surface area is 112 Å². The van der Waals surface area contributed by atoms with E-state index in [4.69, 9.17) is 4.74 Å². The molecule has 0 radical (unpaired) electrons. The molecule has 4 nitrogen and oxygen atoms in total. The van der Waals surface area contributed by atoms with Crippen LogP contribution >= 0.6 is 0 Å². The van der Waals surface area contributed by atoms with Gasteiger partial charge in [0.15, 0.2) is 0 Å². The van der Waals surface area contributed by atoms with Gasteiger partial charge in [-0.2, -0.15) is 0 Å². The normalized spacial score (nSPS) is 11.9. The van der Waals surface area contributed by atoms with Gasteiger partial charge in [-0.25, -0.2) is 9.97 Å². The highest BCUT2D eigenvalue weighted by Crippen LogP contribution is 2.21. The number of hydrogen-bond donors (Lipinski definition) is 0. The van der Waals surface area contributed by atoms with Crippen molar-refractivity contribution >= 4 is 5.97 Å². The lowest BCUT2D eigenvalue weighted by Crippen LogP contribution is -2.16. The van der Waals surface area contributed by atoms with E-state index in [9.17, 15) is 4.79 Å². The maximum atomic E-state index is 11.7. The number of carbonyl (C=O) groups is 1. The zero-order chi connectivity index (χ0) is 13.7. The second-order valence-electron chi connectivity index (χ2n) is 4.15. The fourth-order valence-corrected chi connectivity index (χ4v) is 1.91. The molecule has 0 aliphatic carbocycles. The molecule has 0 saturated heterocycles. The third-order valence-electron chi connectivity index (χ3n) is 2.95. The molecule has 1 heterocycles. The molecule has 0 N–H and O–H groups in total. The van der Waals surface area contributed by atoms with Crippen molar-refractivity contribution in [3.63, 3.8) is 0 Å². The number of methoxy groups -OCH3 is 1. The van der Waals surface area contributed by atoms with Gasteiger partial charge in [-0.3, -0.25) is 4.79 Å². The van der Waals surface area contributed by atoms with Crippen molar-refractivity contribution in [2.24, 2.45) is 0 Å². The van der Waals surface area contributed by atoms with E-state index in [0.29, 0.717) is 12.2 Å². The van der Waals surface area contributed by atoms with Gasteiger partial charge in [0.25, 0.3) is 0 Å². The summed E-state index contributed by atoms with van der Waals surface area (Å²) in [7, 11) is 1.38. The lowest BCUT2D eigenvalue weighted by Gasteiger charge is -2.11. The van der Waals surface area contributed by atoms with Crippen molar-refractivity contribution in [1.82, 2.24) is 9.97 Å². The lowest BCUT2D eigenvalue weighted by molar-refractivity contribution is -0.142. The molecule has 4 heteroatoms. The number of nitrogens with zero attached hydrogens (tertiary/aromatic N) is 2. The van der Waals surface area contributed by atoms with Gasteiger partial charge < -0.3 is 4.74 Å². The number of benzene rings is 1. The smallest absolute Gasteiger partial charge is 0.316 e. The molecule has 0 aliphatic heterocycles. The van der Waals surface area contributed by atoms with Crippen LogP contribution < -0.4 is 0 Å². The molecule has 2 rings (SSSR count). The first-order valence-electron chi connectivity index (χ1n) is 6.22. The molecule has 1 unspecified atom stereocenters. The number of ether oxygens (including phenoxy) is 1. The molecule has 2 aromatic rings. The van der Waals surface area contributed by atoms with E-state index in [1.54, 1.807) is 6.20 Å². The highest BCUT2D eigenvalue weighted by molar-refractivity contribution is 5.77. The molecular formula is C15H16N2O2. The van der Waals surface area contributed by atoms with Gasteiger partial charge in [-0.15, -0.1) is 0 Å². The van der Waals surface area contributed by atoms with Crippen LogP contribution in [-0.2, 0) is 9.53 Å². The predicted molar refractivity (Wildman–Crippen MR) is 72.5 cm³/mol. The Kier molecular flexibility index (Phi) is 4.23. The molecule has 1 atom stereocenters. The first kappa shape index (κ1) is 13.2. The minimum atomic E-state index is -0.409. The van der Waals surface area contributed by atoms with Crippen LogP contribution in [0.3, 0.4) is 0 Å². The molecule has 0 spiro atoms. The quantitative estimate of drug-likeness (QED) is 0.789. The van der Waals surface area contributed by atoms with Crippen molar-refractivity contribution < 1.29 is 9.53 Å². The van der Waals surface area contributed by atoms with Crippen LogP contribution in [0.2, 0.25) is 0 Å². The summed E-state index contributed by atoms with van der Waals surface area (Å²) in [4.78, 5) is 20.4. The van der Waals surface area contributed by atoms with Crippen LogP contribution in [0.5, 0.6) is 0 Å². The summed E-state index contributed by atoms with van der Waals surface area (Å²) in [6, 6.07) is 11.7. The van der Waals surface area contributed by atoms with Gasteiger partial charge >= 0.3 is 5.97 Å². The number of carbonyl (C=O) groups excluding carboxylic acids is 1. The predicted octanol–water partition coefficient (Wildman–Crippen LogP) is 2.81. The van der Waals surface area contributed by atoms with Crippen molar-refractivity contribution in [3.8, 4) is 11.3 Å².